The van der Waals surface area contributed by atoms with Crippen LogP contribution in [0.25, 0.3) is 0 Å². The standard InChI is InChI=1S/C23H24N4O/c1-15(2)17-8-10-19(11-9-17)25-22(28)20-12-13-24-23(26-20)27-16(3)14-18-6-4-5-7-21(18)27/h4-13,15-16H,14H2,1-3H3,(H,25,28). The predicted molar refractivity (Wildman–Crippen MR) is 112 cm³/mol. The van der Waals surface area contributed by atoms with E-state index < -0.39 is 0 Å². The van der Waals surface area contributed by atoms with E-state index in [1.54, 1.807) is 12.3 Å². The molecule has 0 spiro atoms. The van der Waals surface area contributed by atoms with Crippen LogP contribution in [0.4, 0.5) is 17.3 Å². The van der Waals surface area contributed by atoms with Crippen molar-refractivity contribution < 1.29 is 4.79 Å². The number of hydrogen-bond acceptors (Lipinski definition) is 4. The number of nitrogens with one attached hydrogen (secondary N) is 1. The van der Waals surface area contributed by atoms with E-state index in [2.05, 4.69) is 53.1 Å². The van der Waals surface area contributed by atoms with Crippen LogP contribution < -0.4 is 10.2 Å². The number of amides is 1. The zero-order chi connectivity index (χ0) is 19.7. The molecule has 0 bridgehead atoms. The number of carbonyl (C=O) groups is 1. The number of fused-ring (bicyclic) bond motifs is 1. The smallest absolute Gasteiger partial charge is 0.274 e. The van der Waals surface area contributed by atoms with Gasteiger partial charge in [0.1, 0.15) is 5.69 Å². The number of aromatic nitrogens is 2. The van der Waals surface area contributed by atoms with Gasteiger partial charge in [-0.3, -0.25) is 4.79 Å². The molecule has 4 rings (SSSR count). The van der Waals surface area contributed by atoms with E-state index in [1.165, 1.54) is 11.1 Å². The Morgan fingerprint density at radius 3 is 2.61 bits per heavy atom. The quantitative estimate of drug-likeness (QED) is 0.705. The molecule has 1 aliphatic rings. The monoisotopic (exact) mass is 372 g/mol. The van der Waals surface area contributed by atoms with Crippen molar-refractivity contribution in [3.8, 4) is 0 Å². The van der Waals surface area contributed by atoms with Crippen LogP contribution in [0.5, 0.6) is 0 Å². The lowest BCUT2D eigenvalue weighted by Gasteiger charge is -2.22. The zero-order valence-electron chi connectivity index (χ0n) is 16.4. The molecule has 5 heteroatoms. The van der Waals surface area contributed by atoms with Gasteiger partial charge in [-0.25, -0.2) is 9.97 Å². The van der Waals surface area contributed by atoms with Crippen LogP contribution in [0.2, 0.25) is 0 Å². The highest BCUT2D eigenvalue weighted by atomic mass is 16.1. The van der Waals surface area contributed by atoms with Gasteiger partial charge < -0.3 is 10.2 Å². The van der Waals surface area contributed by atoms with Gasteiger partial charge in [0, 0.05) is 23.6 Å². The molecule has 1 aliphatic heterocycles. The third-order valence-corrected chi connectivity index (χ3v) is 5.13. The van der Waals surface area contributed by atoms with Crippen LogP contribution in [0.1, 0.15) is 48.3 Å². The number of carbonyl (C=O) groups excluding carboxylic acids is 1. The van der Waals surface area contributed by atoms with Crippen molar-refractivity contribution in [2.45, 2.75) is 39.2 Å². The number of benzene rings is 2. The largest absolute Gasteiger partial charge is 0.321 e. The van der Waals surface area contributed by atoms with Crippen molar-refractivity contribution in [2.24, 2.45) is 0 Å². The Morgan fingerprint density at radius 1 is 1.11 bits per heavy atom. The molecule has 1 unspecified atom stereocenters. The van der Waals surface area contributed by atoms with Crippen molar-refractivity contribution in [2.75, 3.05) is 10.2 Å². The van der Waals surface area contributed by atoms with Crippen molar-refractivity contribution in [3.63, 3.8) is 0 Å². The average Bonchev–Trinajstić information content (AvgIpc) is 3.04. The molecule has 5 nitrogen and oxygen atoms in total. The van der Waals surface area contributed by atoms with Gasteiger partial charge in [-0.2, -0.15) is 0 Å². The van der Waals surface area contributed by atoms with Gasteiger partial charge in [0.25, 0.3) is 5.91 Å². The van der Waals surface area contributed by atoms with Gasteiger partial charge >= 0.3 is 0 Å². The molecule has 1 amide bonds. The molecule has 3 aromatic rings. The van der Waals surface area contributed by atoms with E-state index in [0.29, 0.717) is 17.6 Å². The molecule has 1 atom stereocenters. The van der Waals surface area contributed by atoms with E-state index in [0.717, 1.165) is 17.8 Å². The molecular formula is C23H24N4O. The molecule has 2 aromatic carbocycles. The van der Waals surface area contributed by atoms with Gasteiger partial charge in [-0.15, -0.1) is 0 Å². The highest BCUT2D eigenvalue weighted by molar-refractivity contribution is 6.03. The predicted octanol–water partition coefficient (Wildman–Crippen LogP) is 4.94. The summed E-state index contributed by atoms with van der Waals surface area (Å²) in [5.74, 6) is 0.779. The first-order valence-electron chi connectivity index (χ1n) is 9.64. The van der Waals surface area contributed by atoms with Crippen molar-refractivity contribution in [1.82, 2.24) is 9.97 Å². The van der Waals surface area contributed by atoms with Crippen molar-refractivity contribution in [3.05, 3.63) is 77.6 Å². The van der Waals surface area contributed by atoms with Crippen LogP contribution in [-0.4, -0.2) is 21.9 Å². The van der Waals surface area contributed by atoms with Gasteiger partial charge in [0.05, 0.1) is 0 Å². The first-order valence-corrected chi connectivity index (χ1v) is 9.64. The summed E-state index contributed by atoms with van der Waals surface area (Å²) < 4.78 is 0. The topological polar surface area (TPSA) is 58.1 Å². The van der Waals surface area contributed by atoms with Crippen LogP contribution in [0.15, 0.2) is 60.8 Å². The minimum absolute atomic E-state index is 0.235. The highest BCUT2D eigenvalue weighted by Crippen LogP contribution is 2.36. The Hall–Kier alpha value is -3.21. The minimum Gasteiger partial charge on any atom is -0.321 e. The summed E-state index contributed by atoms with van der Waals surface area (Å²) in [5.41, 5.74) is 4.74. The fourth-order valence-electron chi connectivity index (χ4n) is 3.61. The summed E-state index contributed by atoms with van der Waals surface area (Å²) in [6.45, 7) is 6.44. The number of rotatable bonds is 4. The number of nitrogens with zero attached hydrogens (tertiary/aromatic N) is 3. The lowest BCUT2D eigenvalue weighted by atomic mass is 10.0. The summed E-state index contributed by atoms with van der Waals surface area (Å²) >= 11 is 0. The highest BCUT2D eigenvalue weighted by Gasteiger charge is 2.29. The van der Waals surface area contributed by atoms with Crippen LogP contribution in [0, 0.1) is 0 Å². The normalized spacial score (nSPS) is 15.6. The first-order chi connectivity index (χ1) is 13.5. The van der Waals surface area contributed by atoms with Crippen LogP contribution in [0.3, 0.4) is 0 Å². The van der Waals surface area contributed by atoms with Gasteiger partial charge in [0.2, 0.25) is 5.95 Å². The van der Waals surface area contributed by atoms with Crippen molar-refractivity contribution >= 4 is 23.2 Å². The summed E-state index contributed by atoms with van der Waals surface area (Å²) in [4.78, 5) is 23.8. The zero-order valence-corrected chi connectivity index (χ0v) is 16.4. The third kappa shape index (κ3) is 3.48. The Morgan fingerprint density at radius 2 is 1.86 bits per heavy atom. The molecule has 0 fully saturated rings. The molecule has 1 N–H and O–H groups in total. The first kappa shape index (κ1) is 18.2. The second kappa shape index (κ2) is 7.43. The molecule has 0 radical (unpaired) electrons. The fourth-order valence-corrected chi connectivity index (χ4v) is 3.61. The van der Waals surface area contributed by atoms with Crippen LogP contribution in [-0.2, 0) is 6.42 Å². The second-order valence-electron chi connectivity index (χ2n) is 7.52. The number of para-hydroxylation sites is 1. The Kier molecular flexibility index (Phi) is 4.82. The van der Waals surface area contributed by atoms with Gasteiger partial charge in [-0.05, 0) is 54.7 Å². The Labute approximate surface area is 165 Å². The molecule has 0 saturated carbocycles. The molecule has 0 aliphatic carbocycles. The molecule has 2 heterocycles. The number of hydrogen-bond donors (Lipinski definition) is 1. The average molecular weight is 372 g/mol. The summed E-state index contributed by atoms with van der Waals surface area (Å²) in [6.07, 6.45) is 2.59. The fraction of sp³-hybridized carbons (Fsp3) is 0.261. The maximum Gasteiger partial charge on any atom is 0.274 e. The second-order valence-corrected chi connectivity index (χ2v) is 7.52. The van der Waals surface area contributed by atoms with E-state index in [1.807, 2.05) is 36.4 Å². The van der Waals surface area contributed by atoms with Gasteiger partial charge in [-0.1, -0.05) is 44.2 Å². The lowest BCUT2D eigenvalue weighted by Crippen LogP contribution is -2.26. The Bertz CT molecular complexity index is 997. The van der Waals surface area contributed by atoms with E-state index in [4.69, 9.17) is 0 Å². The lowest BCUT2D eigenvalue weighted by molar-refractivity contribution is 0.102. The van der Waals surface area contributed by atoms with Crippen LogP contribution >= 0.6 is 0 Å². The summed E-state index contributed by atoms with van der Waals surface area (Å²) in [5, 5.41) is 2.92. The minimum atomic E-state index is -0.235. The molecule has 0 saturated heterocycles. The molecule has 1 aromatic heterocycles. The maximum atomic E-state index is 12.7. The van der Waals surface area contributed by atoms with E-state index >= 15 is 0 Å². The summed E-state index contributed by atoms with van der Waals surface area (Å²) in [7, 11) is 0. The third-order valence-electron chi connectivity index (χ3n) is 5.13. The van der Waals surface area contributed by atoms with E-state index in [-0.39, 0.29) is 11.9 Å². The van der Waals surface area contributed by atoms with E-state index in [9.17, 15) is 4.79 Å². The SMILES string of the molecule is CC(C)c1ccc(NC(=O)c2ccnc(N3c4ccccc4CC3C)n2)cc1. The molecular weight excluding hydrogens is 348 g/mol. The molecule has 142 valence electrons. The maximum absolute atomic E-state index is 12.7. The van der Waals surface area contributed by atoms with Crippen molar-refractivity contribution in [1.29, 1.82) is 0 Å². The summed E-state index contributed by atoms with van der Waals surface area (Å²) in [6, 6.07) is 18.1. The Balaban J connectivity index is 1.56. The molecule has 28 heavy (non-hydrogen) atoms. The number of anilines is 3. The van der Waals surface area contributed by atoms with Gasteiger partial charge in [0.15, 0.2) is 0 Å².